The van der Waals surface area contributed by atoms with Crippen molar-refractivity contribution in [1.29, 1.82) is 0 Å². The Morgan fingerprint density at radius 2 is 2.06 bits per heavy atom. The molecule has 1 unspecified atom stereocenters. The van der Waals surface area contributed by atoms with Crippen molar-refractivity contribution in [3.63, 3.8) is 0 Å². The van der Waals surface area contributed by atoms with E-state index in [0.29, 0.717) is 6.54 Å². The lowest BCUT2D eigenvalue weighted by molar-refractivity contribution is -0.784. The molecule has 7 nitrogen and oxygen atoms in total. The Morgan fingerprint density at radius 1 is 1.27 bits per heavy atom. The minimum atomic E-state index is -0.240. The highest BCUT2D eigenvalue weighted by Crippen LogP contribution is 2.32. The summed E-state index contributed by atoms with van der Waals surface area (Å²) in [6, 6.07) is 15.0. The van der Waals surface area contributed by atoms with Crippen LogP contribution in [0.4, 0.5) is 4.79 Å². The zero-order valence-corrected chi connectivity index (χ0v) is 20.4. The molecule has 3 atom stereocenters. The van der Waals surface area contributed by atoms with E-state index in [1.54, 1.807) is 7.11 Å². The molecule has 2 aromatic carbocycles. The van der Waals surface area contributed by atoms with E-state index >= 15 is 0 Å². The van der Waals surface area contributed by atoms with Crippen LogP contribution < -0.4 is 10.1 Å². The maximum Gasteiger partial charge on any atom is 0.424 e. The van der Waals surface area contributed by atoms with E-state index in [-0.39, 0.29) is 34.3 Å². The normalized spacial score (nSPS) is 21.2. The van der Waals surface area contributed by atoms with Gasteiger partial charge in [0.2, 0.25) is 0 Å². The zero-order chi connectivity index (χ0) is 23.6. The molecule has 0 aliphatic carbocycles. The van der Waals surface area contributed by atoms with Gasteiger partial charge in [-0.15, -0.1) is 0 Å². The van der Waals surface area contributed by atoms with Crippen molar-refractivity contribution < 1.29 is 18.8 Å². The average molecular weight is 468 g/mol. The highest BCUT2D eigenvalue weighted by molar-refractivity contribution is 7.99. The van der Waals surface area contributed by atoms with Crippen LogP contribution in [0, 0.1) is 0 Å². The number of methoxy groups -OCH3 is 1. The average Bonchev–Trinajstić information content (AvgIpc) is 3.38. The maximum absolute atomic E-state index is 13.6. The Morgan fingerprint density at radius 3 is 2.76 bits per heavy atom. The van der Waals surface area contributed by atoms with Crippen molar-refractivity contribution in [3.8, 4) is 5.75 Å². The van der Waals surface area contributed by atoms with Gasteiger partial charge in [0.1, 0.15) is 17.5 Å². The van der Waals surface area contributed by atoms with Gasteiger partial charge in [0.15, 0.2) is 5.16 Å². The lowest BCUT2D eigenvalue weighted by atomic mass is 10.1. The van der Waals surface area contributed by atoms with Crippen LogP contribution in [-0.2, 0) is 11.8 Å². The molecule has 174 valence electrons. The molecule has 3 aromatic rings. The number of thioether (sulfide) groups is 1. The molecule has 1 saturated heterocycles. The Kier molecular flexibility index (Phi) is 6.76. The van der Waals surface area contributed by atoms with Crippen LogP contribution in [0.5, 0.6) is 5.75 Å². The van der Waals surface area contributed by atoms with Crippen molar-refractivity contribution in [2.45, 2.75) is 43.9 Å². The number of aryl methyl sites for hydroxylation is 1. The second-order valence-electron chi connectivity index (χ2n) is 8.66. The molecule has 1 aromatic heterocycles. The SMILES string of the molecule is COc1cccc([C@H](C)NC(=O)[N+]2(C(=O)CSc3nc4ccccc4n3C)CCC[C@H]2C)c1. The van der Waals surface area contributed by atoms with Gasteiger partial charge >= 0.3 is 11.9 Å². The first-order chi connectivity index (χ1) is 15.9. The van der Waals surface area contributed by atoms with Gasteiger partial charge in [-0.25, -0.2) is 14.6 Å². The number of para-hydroxylation sites is 2. The van der Waals surface area contributed by atoms with Crippen LogP contribution in [-0.4, -0.2) is 51.4 Å². The van der Waals surface area contributed by atoms with Gasteiger partial charge in [0.25, 0.3) is 0 Å². The van der Waals surface area contributed by atoms with Gasteiger partial charge in [-0.05, 0) is 43.7 Å². The molecule has 4 rings (SSSR count). The largest absolute Gasteiger partial charge is 0.497 e. The van der Waals surface area contributed by atoms with E-state index in [0.717, 1.165) is 40.3 Å². The van der Waals surface area contributed by atoms with E-state index in [9.17, 15) is 9.59 Å². The number of amides is 3. The maximum atomic E-state index is 13.6. The van der Waals surface area contributed by atoms with Crippen LogP contribution in [0.3, 0.4) is 0 Å². The highest BCUT2D eigenvalue weighted by Gasteiger charge is 2.52. The number of imide groups is 1. The summed E-state index contributed by atoms with van der Waals surface area (Å²) < 4.78 is 7.14. The van der Waals surface area contributed by atoms with Crippen molar-refractivity contribution in [2.75, 3.05) is 19.4 Å². The number of benzene rings is 2. The third-order valence-corrected chi connectivity index (χ3v) is 7.71. The number of aromatic nitrogens is 2. The van der Waals surface area contributed by atoms with Gasteiger partial charge in [-0.3, -0.25) is 5.32 Å². The van der Waals surface area contributed by atoms with E-state index in [1.165, 1.54) is 11.8 Å². The number of ether oxygens (including phenoxy) is 1. The van der Waals surface area contributed by atoms with Crippen LogP contribution in [0.2, 0.25) is 0 Å². The number of carbonyl (C=O) groups excluding carboxylic acids is 2. The monoisotopic (exact) mass is 467 g/mol. The van der Waals surface area contributed by atoms with Crippen molar-refractivity contribution >= 4 is 34.7 Å². The molecule has 33 heavy (non-hydrogen) atoms. The van der Waals surface area contributed by atoms with Gasteiger partial charge < -0.3 is 9.30 Å². The summed E-state index contributed by atoms with van der Waals surface area (Å²) in [6.45, 7) is 4.46. The topological polar surface area (TPSA) is 73.2 Å². The van der Waals surface area contributed by atoms with Gasteiger partial charge in [0.05, 0.1) is 30.7 Å². The molecule has 0 spiro atoms. The summed E-state index contributed by atoms with van der Waals surface area (Å²) in [5.74, 6) is 0.858. The Labute approximate surface area is 198 Å². The van der Waals surface area contributed by atoms with Crippen LogP contribution in [0.1, 0.15) is 38.3 Å². The smallest absolute Gasteiger partial charge is 0.424 e. The highest BCUT2D eigenvalue weighted by atomic mass is 32.2. The fourth-order valence-corrected chi connectivity index (χ4v) is 5.59. The van der Waals surface area contributed by atoms with Gasteiger partial charge in [0, 0.05) is 19.9 Å². The van der Waals surface area contributed by atoms with Gasteiger partial charge in [-0.2, -0.15) is 4.48 Å². The molecular formula is C25H31N4O3S+. The summed E-state index contributed by atoms with van der Waals surface area (Å²) in [6.07, 6.45) is 1.70. The summed E-state index contributed by atoms with van der Waals surface area (Å²) in [7, 11) is 3.57. The zero-order valence-electron chi connectivity index (χ0n) is 19.6. The molecule has 0 bridgehead atoms. The molecule has 0 saturated carbocycles. The molecule has 1 aliphatic rings. The fourth-order valence-electron chi connectivity index (χ4n) is 4.65. The molecule has 1 N–H and O–H groups in total. The fraction of sp³-hybridized carbons (Fsp3) is 0.400. The van der Waals surface area contributed by atoms with Crippen molar-refractivity contribution in [1.82, 2.24) is 14.9 Å². The molecule has 2 heterocycles. The Balaban J connectivity index is 1.51. The Hall–Kier alpha value is -2.84. The first kappa shape index (κ1) is 23.3. The summed E-state index contributed by atoms with van der Waals surface area (Å²) in [4.78, 5) is 31.8. The van der Waals surface area contributed by atoms with Crippen LogP contribution in [0.25, 0.3) is 11.0 Å². The number of imidazole rings is 1. The molecule has 8 heteroatoms. The Bertz CT molecular complexity index is 1180. The standard InChI is InChI=1S/C25H30N4O3S/c1-17-9-8-14-29(17,25(31)26-18(2)19-10-7-11-20(15-19)32-4)23(30)16-33-24-27-21-12-5-6-13-22(21)28(24)3/h5-7,10-13,15,17-18H,8-9,14,16H2,1-4H3/p+1/t17-,18+,29?/m1/s1. The lowest BCUT2D eigenvalue weighted by Gasteiger charge is -2.33. The third-order valence-electron chi connectivity index (χ3n) is 6.70. The van der Waals surface area contributed by atoms with Crippen molar-refractivity contribution in [2.24, 2.45) is 7.05 Å². The number of carbonyl (C=O) groups is 2. The summed E-state index contributed by atoms with van der Waals surface area (Å²) in [5.41, 5.74) is 2.86. The second kappa shape index (κ2) is 9.57. The number of nitrogens with zero attached hydrogens (tertiary/aromatic N) is 3. The van der Waals surface area contributed by atoms with Crippen LogP contribution in [0.15, 0.2) is 53.7 Å². The molecule has 1 aliphatic heterocycles. The van der Waals surface area contributed by atoms with Gasteiger partial charge in [-0.1, -0.05) is 36.0 Å². The lowest BCUT2D eigenvalue weighted by Crippen LogP contribution is -2.63. The van der Waals surface area contributed by atoms with E-state index in [2.05, 4.69) is 10.3 Å². The predicted octanol–water partition coefficient (Wildman–Crippen LogP) is 4.67. The number of rotatable bonds is 6. The number of fused-ring (bicyclic) bond motifs is 1. The first-order valence-electron chi connectivity index (χ1n) is 11.3. The number of hydrogen-bond acceptors (Lipinski definition) is 5. The number of likely N-dealkylation sites (tertiary alicyclic amines) is 1. The molecule has 1 fully saturated rings. The number of nitrogens with one attached hydrogen (secondary N) is 1. The first-order valence-corrected chi connectivity index (χ1v) is 12.3. The molecule has 3 amide bonds. The summed E-state index contributed by atoms with van der Waals surface area (Å²) >= 11 is 1.40. The number of quaternary nitrogens is 1. The molecular weight excluding hydrogens is 436 g/mol. The van der Waals surface area contributed by atoms with E-state index in [4.69, 9.17) is 4.74 Å². The predicted molar refractivity (Wildman–Crippen MR) is 130 cm³/mol. The molecule has 0 radical (unpaired) electrons. The minimum absolute atomic E-state index is 0.0592. The minimum Gasteiger partial charge on any atom is -0.497 e. The third kappa shape index (κ3) is 4.37. The quantitative estimate of drug-likeness (QED) is 0.421. The van der Waals surface area contributed by atoms with E-state index < -0.39 is 0 Å². The van der Waals surface area contributed by atoms with Crippen LogP contribution >= 0.6 is 11.8 Å². The second-order valence-corrected chi connectivity index (χ2v) is 9.60. The van der Waals surface area contributed by atoms with E-state index in [1.807, 2.05) is 74.0 Å². The number of urea groups is 1. The number of hydrogen-bond donors (Lipinski definition) is 1. The van der Waals surface area contributed by atoms with Crippen molar-refractivity contribution in [3.05, 3.63) is 54.1 Å². The summed E-state index contributed by atoms with van der Waals surface area (Å²) in [5, 5.41) is 3.88.